The molecule has 1 aromatic carbocycles. The molecule has 5 heteroatoms. The molecule has 2 heterocycles. The molecule has 3 aromatic rings. The van der Waals surface area contributed by atoms with Gasteiger partial charge in [-0.05, 0) is 30.2 Å². The van der Waals surface area contributed by atoms with Crippen molar-refractivity contribution in [1.82, 2.24) is 15.0 Å². The van der Waals surface area contributed by atoms with Crippen molar-refractivity contribution in [2.24, 2.45) is 5.73 Å². The number of para-hydroxylation sites is 2. The lowest BCUT2D eigenvalue weighted by atomic mass is 10.1. The highest BCUT2D eigenvalue weighted by atomic mass is 32.2. The summed E-state index contributed by atoms with van der Waals surface area (Å²) in [5, 5.41) is 1.04. The predicted molar refractivity (Wildman–Crippen MR) is 87.2 cm³/mol. The summed E-state index contributed by atoms with van der Waals surface area (Å²) in [6.45, 7) is 2.10. The number of hydrogen-bond acceptors (Lipinski definition) is 4. The lowest BCUT2D eigenvalue weighted by molar-refractivity contribution is 0.631. The zero-order valence-electron chi connectivity index (χ0n) is 11.9. The summed E-state index contributed by atoms with van der Waals surface area (Å²) in [5.74, 6) is 0. The Kier molecular flexibility index (Phi) is 4.22. The minimum Gasteiger partial charge on any atom is -0.333 e. The molecule has 3 N–H and O–H groups in total. The SMILES string of the molecule is CCC(N)C(Sc1nc2ccccc2[nH]1)c1cccnc1. The Hall–Kier alpha value is -1.85. The fourth-order valence-electron chi connectivity index (χ4n) is 2.27. The molecule has 108 valence electrons. The molecular weight excluding hydrogens is 280 g/mol. The van der Waals surface area contributed by atoms with E-state index >= 15 is 0 Å². The lowest BCUT2D eigenvalue weighted by Gasteiger charge is -2.21. The summed E-state index contributed by atoms with van der Waals surface area (Å²) in [4.78, 5) is 12.2. The number of nitrogens with one attached hydrogen (secondary N) is 1. The second-order valence-corrected chi connectivity index (χ2v) is 6.09. The normalized spacial score (nSPS) is 14.2. The number of nitrogens with zero attached hydrogens (tertiary/aromatic N) is 2. The maximum atomic E-state index is 6.30. The number of nitrogens with two attached hydrogens (primary N) is 1. The van der Waals surface area contributed by atoms with Gasteiger partial charge >= 0.3 is 0 Å². The van der Waals surface area contributed by atoms with Crippen molar-refractivity contribution >= 4 is 22.8 Å². The smallest absolute Gasteiger partial charge is 0.167 e. The molecule has 0 saturated heterocycles. The zero-order chi connectivity index (χ0) is 14.7. The van der Waals surface area contributed by atoms with Crippen LogP contribution < -0.4 is 5.73 Å². The molecule has 0 aliphatic rings. The van der Waals surface area contributed by atoms with Gasteiger partial charge in [-0.25, -0.2) is 4.98 Å². The highest BCUT2D eigenvalue weighted by Gasteiger charge is 2.21. The molecule has 0 bridgehead atoms. The van der Waals surface area contributed by atoms with Gasteiger partial charge in [0.2, 0.25) is 0 Å². The Morgan fingerprint density at radius 1 is 1.24 bits per heavy atom. The van der Waals surface area contributed by atoms with Crippen molar-refractivity contribution in [3.63, 3.8) is 0 Å². The molecule has 21 heavy (non-hydrogen) atoms. The number of pyridine rings is 1. The largest absolute Gasteiger partial charge is 0.333 e. The van der Waals surface area contributed by atoms with Crippen molar-refractivity contribution in [3.05, 3.63) is 54.4 Å². The van der Waals surface area contributed by atoms with Gasteiger partial charge in [0, 0.05) is 18.4 Å². The predicted octanol–water partition coefficient (Wildman–Crippen LogP) is 3.53. The van der Waals surface area contributed by atoms with E-state index in [9.17, 15) is 0 Å². The highest BCUT2D eigenvalue weighted by Crippen LogP contribution is 2.37. The Labute approximate surface area is 128 Å². The van der Waals surface area contributed by atoms with E-state index in [0.717, 1.165) is 28.2 Å². The molecule has 0 aliphatic heterocycles. The molecule has 3 rings (SSSR count). The van der Waals surface area contributed by atoms with E-state index in [0.29, 0.717) is 0 Å². The third kappa shape index (κ3) is 3.09. The van der Waals surface area contributed by atoms with Crippen LogP contribution in [0.25, 0.3) is 11.0 Å². The molecule has 0 saturated carbocycles. The van der Waals surface area contributed by atoms with Crippen molar-refractivity contribution in [3.8, 4) is 0 Å². The number of benzene rings is 1. The van der Waals surface area contributed by atoms with E-state index in [1.807, 2.05) is 36.5 Å². The molecule has 2 aromatic heterocycles. The molecule has 2 unspecified atom stereocenters. The zero-order valence-corrected chi connectivity index (χ0v) is 12.7. The van der Waals surface area contributed by atoms with Gasteiger partial charge in [0.25, 0.3) is 0 Å². The fraction of sp³-hybridized carbons (Fsp3) is 0.250. The van der Waals surface area contributed by atoms with Gasteiger partial charge in [-0.1, -0.05) is 36.9 Å². The van der Waals surface area contributed by atoms with Gasteiger partial charge in [-0.15, -0.1) is 0 Å². The van der Waals surface area contributed by atoms with E-state index in [1.165, 1.54) is 0 Å². The molecule has 2 atom stereocenters. The molecule has 4 nitrogen and oxygen atoms in total. The summed E-state index contributed by atoms with van der Waals surface area (Å²) in [6.07, 6.45) is 4.58. The number of H-pyrrole nitrogens is 1. The van der Waals surface area contributed by atoms with E-state index in [-0.39, 0.29) is 11.3 Å². The molecule has 0 fully saturated rings. The summed E-state index contributed by atoms with van der Waals surface area (Å²) < 4.78 is 0. The first-order chi connectivity index (χ1) is 10.3. The van der Waals surface area contributed by atoms with E-state index in [4.69, 9.17) is 5.73 Å². The Bertz CT molecular complexity index is 677. The maximum Gasteiger partial charge on any atom is 0.167 e. The quantitative estimate of drug-likeness (QED) is 0.707. The Morgan fingerprint density at radius 2 is 2.10 bits per heavy atom. The van der Waals surface area contributed by atoms with Crippen LogP contribution in [0, 0.1) is 0 Å². The van der Waals surface area contributed by atoms with Gasteiger partial charge in [0.05, 0.1) is 16.3 Å². The second-order valence-electron chi connectivity index (χ2n) is 4.96. The average Bonchev–Trinajstić information content (AvgIpc) is 2.95. The third-order valence-electron chi connectivity index (χ3n) is 3.48. The number of imidazole rings is 1. The summed E-state index contributed by atoms with van der Waals surface area (Å²) in [5.41, 5.74) is 9.47. The number of hydrogen-bond donors (Lipinski definition) is 2. The number of fused-ring (bicyclic) bond motifs is 1. The van der Waals surface area contributed by atoms with E-state index in [1.54, 1.807) is 18.0 Å². The van der Waals surface area contributed by atoms with Gasteiger partial charge in [-0.2, -0.15) is 0 Å². The maximum absolute atomic E-state index is 6.30. The minimum atomic E-state index is 0.0624. The Balaban J connectivity index is 1.90. The van der Waals surface area contributed by atoms with Crippen LogP contribution in [0.5, 0.6) is 0 Å². The van der Waals surface area contributed by atoms with Gasteiger partial charge in [-0.3, -0.25) is 4.98 Å². The number of aromatic nitrogens is 3. The van der Waals surface area contributed by atoms with Crippen LogP contribution in [0.2, 0.25) is 0 Å². The molecule has 0 radical (unpaired) electrons. The second kappa shape index (κ2) is 6.28. The third-order valence-corrected chi connectivity index (χ3v) is 4.77. The minimum absolute atomic E-state index is 0.0624. The number of thioether (sulfide) groups is 1. The molecule has 0 spiro atoms. The van der Waals surface area contributed by atoms with E-state index < -0.39 is 0 Å². The fourth-order valence-corrected chi connectivity index (χ4v) is 3.47. The lowest BCUT2D eigenvalue weighted by Crippen LogP contribution is -2.25. The molecule has 0 aliphatic carbocycles. The van der Waals surface area contributed by atoms with Gasteiger partial charge in [0.1, 0.15) is 0 Å². The number of rotatable bonds is 5. The topological polar surface area (TPSA) is 67.6 Å². The first-order valence-corrected chi connectivity index (χ1v) is 7.93. The van der Waals surface area contributed by atoms with Crippen LogP contribution >= 0.6 is 11.8 Å². The molecular formula is C16H18N4S. The Morgan fingerprint density at radius 3 is 2.81 bits per heavy atom. The summed E-state index contributed by atoms with van der Waals surface area (Å²) in [6, 6.07) is 12.1. The van der Waals surface area contributed by atoms with Gasteiger partial charge < -0.3 is 10.7 Å². The van der Waals surface area contributed by atoms with Crippen LogP contribution in [-0.4, -0.2) is 21.0 Å². The monoisotopic (exact) mass is 298 g/mol. The first-order valence-electron chi connectivity index (χ1n) is 7.05. The summed E-state index contributed by atoms with van der Waals surface area (Å²) in [7, 11) is 0. The van der Waals surface area contributed by atoms with Crippen molar-refractivity contribution in [2.75, 3.05) is 0 Å². The average molecular weight is 298 g/mol. The van der Waals surface area contributed by atoms with Crippen molar-refractivity contribution in [1.29, 1.82) is 0 Å². The standard InChI is InChI=1S/C16H18N4S/c1-2-12(17)15(11-6-5-9-18-10-11)21-16-19-13-7-3-4-8-14(13)20-16/h3-10,12,15H,2,17H2,1H3,(H,19,20). The van der Waals surface area contributed by atoms with Crippen molar-refractivity contribution < 1.29 is 0 Å². The summed E-state index contributed by atoms with van der Waals surface area (Å²) >= 11 is 1.67. The van der Waals surface area contributed by atoms with E-state index in [2.05, 4.69) is 27.9 Å². The van der Waals surface area contributed by atoms with Crippen LogP contribution in [0.15, 0.2) is 53.9 Å². The van der Waals surface area contributed by atoms with Crippen LogP contribution in [0.4, 0.5) is 0 Å². The highest BCUT2D eigenvalue weighted by molar-refractivity contribution is 7.99. The first kappa shape index (κ1) is 14.1. The van der Waals surface area contributed by atoms with Crippen LogP contribution in [0.3, 0.4) is 0 Å². The number of aromatic amines is 1. The molecule has 0 amide bonds. The van der Waals surface area contributed by atoms with Crippen molar-refractivity contribution in [2.45, 2.75) is 29.8 Å². The van der Waals surface area contributed by atoms with Gasteiger partial charge in [0.15, 0.2) is 5.16 Å². The van der Waals surface area contributed by atoms with Crippen LogP contribution in [0.1, 0.15) is 24.2 Å². The van der Waals surface area contributed by atoms with Crippen LogP contribution in [-0.2, 0) is 0 Å².